The number of amides is 3. The van der Waals surface area contributed by atoms with E-state index in [1.807, 2.05) is 36.9 Å². The molecule has 1 aliphatic heterocycles. The molecule has 2 N–H and O–H groups in total. The second kappa shape index (κ2) is 10.5. The summed E-state index contributed by atoms with van der Waals surface area (Å²) in [6.45, 7) is 5.40. The van der Waals surface area contributed by atoms with E-state index >= 15 is 0 Å². The predicted molar refractivity (Wildman–Crippen MR) is 122 cm³/mol. The lowest BCUT2D eigenvalue weighted by Crippen LogP contribution is -2.46. The Hall–Kier alpha value is -2.53. The topological polar surface area (TPSA) is 61.4 Å². The summed E-state index contributed by atoms with van der Waals surface area (Å²) in [5, 5.41) is 6.14. The minimum absolute atomic E-state index is 0.122. The maximum Gasteiger partial charge on any atom is 0.322 e. The molecule has 1 atom stereocenters. The van der Waals surface area contributed by atoms with Gasteiger partial charge >= 0.3 is 6.03 Å². The van der Waals surface area contributed by atoms with Crippen LogP contribution >= 0.6 is 11.6 Å². The Balaban J connectivity index is 1.65. The molecule has 0 spiro atoms. The molecule has 1 fully saturated rings. The molecule has 0 bridgehead atoms. The van der Waals surface area contributed by atoms with Crippen molar-refractivity contribution in [2.24, 2.45) is 5.92 Å². The van der Waals surface area contributed by atoms with Gasteiger partial charge in [-0.15, -0.1) is 0 Å². The highest BCUT2D eigenvalue weighted by molar-refractivity contribution is 6.34. The number of carbonyl (C=O) groups is 2. The van der Waals surface area contributed by atoms with E-state index in [1.54, 1.807) is 18.2 Å². The van der Waals surface area contributed by atoms with Crippen LogP contribution < -0.4 is 10.6 Å². The lowest BCUT2D eigenvalue weighted by Gasteiger charge is -2.36. The maximum atomic E-state index is 13.0. The number of likely N-dealkylation sites (tertiary alicyclic amines) is 1. The summed E-state index contributed by atoms with van der Waals surface area (Å²) in [6, 6.07) is 15.4. The Morgan fingerprint density at radius 2 is 1.90 bits per heavy atom. The molecule has 1 saturated heterocycles. The fourth-order valence-corrected chi connectivity index (χ4v) is 4.00. The molecular weight excluding hydrogens is 398 g/mol. The van der Waals surface area contributed by atoms with Crippen molar-refractivity contribution < 1.29 is 9.59 Å². The van der Waals surface area contributed by atoms with Crippen molar-refractivity contribution in [2.45, 2.75) is 45.6 Å². The number of nitrogens with zero attached hydrogens (tertiary/aromatic N) is 1. The number of piperidine rings is 1. The van der Waals surface area contributed by atoms with E-state index in [4.69, 9.17) is 11.6 Å². The zero-order chi connectivity index (χ0) is 21.5. The van der Waals surface area contributed by atoms with Crippen LogP contribution in [-0.4, -0.2) is 36.0 Å². The van der Waals surface area contributed by atoms with Gasteiger partial charge in [0.2, 0.25) is 0 Å². The number of hydrogen-bond acceptors (Lipinski definition) is 2. The summed E-state index contributed by atoms with van der Waals surface area (Å²) in [5.74, 6) is 0.158. The Kier molecular flexibility index (Phi) is 7.75. The van der Waals surface area contributed by atoms with E-state index in [0.717, 1.165) is 32.2 Å². The SMILES string of the molecule is CC(C)CNC(=O)c1ccc(NC(=O)N2CCCCC2Cc2ccccc2)cc1Cl. The molecule has 0 radical (unpaired) electrons. The lowest BCUT2D eigenvalue weighted by molar-refractivity contribution is 0.0949. The van der Waals surface area contributed by atoms with E-state index in [1.165, 1.54) is 5.56 Å². The number of benzene rings is 2. The van der Waals surface area contributed by atoms with Crippen LogP contribution in [0.15, 0.2) is 48.5 Å². The highest BCUT2D eigenvalue weighted by atomic mass is 35.5. The molecule has 6 heteroatoms. The number of halogens is 1. The fourth-order valence-electron chi connectivity index (χ4n) is 3.73. The zero-order valence-electron chi connectivity index (χ0n) is 17.7. The molecule has 0 saturated carbocycles. The second-order valence-electron chi connectivity index (χ2n) is 8.26. The van der Waals surface area contributed by atoms with Crippen LogP contribution in [0.5, 0.6) is 0 Å². The summed E-state index contributed by atoms with van der Waals surface area (Å²) in [6.07, 6.45) is 3.99. The van der Waals surface area contributed by atoms with Crippen molar-refractivity contribution in [1.82, 2.24) is 10.2 Å². The van der Waals surface area contributed by atoms with Crippen molar-refractivity contribution in [1.29, 1.82) is 0 Å². The fraction of sp³-hybridized carbons (Fsp3) is 0.417. The summed E-state index contributed by atoms with van der Waals surface area (Å²) >= 11 is 6.32. The molecular formula is C24H30ClN3O2. The monoisotopic (exact) mass is 427 g/mol. The number of nitrogens with one attached hydrogen (secondary N) is 2. The van der Waals surface area contributed by atoms with Gasteiger partial charge in [0.1, 0.15) is 0 Å². The van der Waals surface area contributed by atoms with Crippen LogP contribution in [0.1, 0.15) is 49.0 Å². The lowest BCUT2D eigenvalue weighted by atomic mass is 9.96. The van der Waals surface area contributed by atoms with Crippen molar-refractivity contribution in [2.75, 3.05) is 18.4 Å². The zero-order valence-corrected chi connectivity index (χ0v) is 18.4. The van der Waals surface area contributed by atoms with Crippen molar-refractivity contribution in [3.63, 3.8) is 0 Å². The van der Waals surface area contributed by atoms with Gasteiger partial charge in [-0.3, -0.25) is 4.79 Å². The molecule has 1 aliphatic rings. The van der Waals surface area contributed by atoms with Gasteiger partial charge < -0.3 is 15.5 Å². The summed E-state index contributed by atoms with van der Waals surface area (Å²) in [5.41, 5.74) is 2.24. The molecule has 1 heterocycles. The van der Waals surface area contributed by atoms with E-state index in [0.29, 0.717) is 28.7 Å². The van der Waals surface area contributed by atoms with E-state index in [9.17, 15) is 9.59 Å². The maximum absolute atomic E-state index is 13.0. The van der Waals surface area contributed by atoms with Gasteiger partial charge in [0, 0.05) is 24.8 Å². The number of carbonyl (C=O) groups excluding carboxylic acids is 2. The minimum Gasteiger partial charge on any atom is -0.352 e. The molecule has 30 heavy (non-hydrogen) atoms. The average Bonchev–Trinajstić information content (AvgIpc) is 2.73. The molecule has 1 unspecified atom stereocenters. The molecule has 3 amide bonds. The van der Waals surface area contributed by atoms with Crippen LogP contribution in [-0.2, 0) is 6.42 Å². The molecule has 5 nitrogen and oxygen atoms in total. The minimum atomic E-state index is -0.203. The Bertz CT molecular complexity index is 870. The molecule has 3 rings (SSSR count). The third kappa shape index (κ3) is 5.99. The Labute approximate surface area is 183 Å². The molecule has 0 aromatic heterocycles. The Morgan fingerprint density at radius 1 is 1.13 bits per heavy atom. The first-order chi connectivity index (χ1) is 14.4. The van der Waals surface area contributed by atoms with Gasteiger partial charge in [0.05, 0.1) is 10.6 Å². The number of rotatable bonds is 6. The number of urea groups is 1. The van der Waals surface area contributed by atoms with E-state index in [-0.39, 0.29) is 18.0 Å². The highest BCUT2D eigenvalue weighted by Crippen LogP contribution is 2.24. The van der Waals surface area contributed by atoms with Crippen molar-refractivity contribution >= 4 is 29.2 Å². The summed E-state index contributed by atoms with van der Waals surface area (Å²) < 4.78 is 0. The first-order valence-electron chi connectivity index (χ1n) is 10.6. The average molecular weight is 428 g/mol. The van der Waals surface area contributed by atoms with Crippen LogP contribution in [0, 0.1) is 5.92 Å². The van der Waals surface area contributed by atoms with E-state index < -0.39 is 0 Å². The molecule has 0 aliphatic carbocycles. The highest BCUT2D eigenvalue weighted by Gasteiger charge is 2.27. The van der Waals surface area contributed by atoms with Gasteiger partial charge in [-0.25, -0.2) is 4.79 Å². The van der Waals surface area contributed by atoms with Crippen molar-refractivity contribution in [3.05, 3.63) is 64.7 Å². The van der Waals surface area contributed by atoms with Gasteiger partial charge in [-0.1, -0.05) is 55.8 Å². The van der Waals surface area contributed by atoms with Gasteiger partial charge in [0.25, 0.3) is 5.91 Å². The smallest absolute Gasteiger partial charge is 0.322 e. The molecule has 2 aromatic rings. The van der Waals surface area contributed by atoms with Crippen LogP contribution in [0.2, 0.25) is 5.02 Å². The normalized spacial score (nSPS) is 16.4. The van der Waals surface area contributed by atoms with Gasteiger partial charge in [-0.05, 0) is 55.4 Å². The predicted octanol–water partition coefficient (Wildman–Crippen LogP) is 5.35. The Morgan fingerprint density at radius 3 is 2.60 bits per heavy atom. The third-order valence-corrected chi connectivity index (χ3v) is 5.65. The first kappa shape index (κ1) is 22.2. The second-order valence-corrected chi connectivity index (χ2v) is 8.67. The number of anilines is 1. The first-order valence-corrected chi connectivity index (χ1v) is 11.0. The largest absolute Gasteiger partial charge is 0.352 e. The van der Waals surface area contributed by atoms with Crippen molar-refractivity contribution in [3.8, 4) is 0 Å². The molecule has 160 valence electrons. The van der Waals surface area contributed by atoms with Gasteiger partial charge in [-0.2, -0.15) is 0 Å². The molecule has 2 aromatic carbocycles. The van der Waals surface area contributed by atoms with E-state index in [2.05, 4.69) is 22.8 Å². The van der Waals surface area contributed by atoms with Crippen LogP contribution in [0.4, 0.5) is 10.5 Å². The quantitative estimate of drug-likeness (QED) is 0.652. The third-order valence-electron chi connectivity index (χ3n) is 5.34. The standard InChI is InChI=1S/C24H30ClN3O2/c1-17(2)16-26-23(29)21-12-11-19(15-22(21)25)27-24(30)28-13-7-6-10-20(28)14-18-8-4-3-5-9-18/h3-5,8-9,11-12,15,17,20H,6-7,10,13-14,16H2,1-2H3,(H,26,29)(H,27,30). The van der Waals surface area contributed by atoms with Gasteiger partial charge in [0.15, 0.2) is 0 Å². The summed E-state index contributed by atoms with van der Waals surface area (Å²) in [7, 11) is 0. The van der Waals surface area contributed by atoms with Crippen LogP contribution in [0.3, 0.4) is 0 Å². The van der Waals surface area contributed by atoms with Crippen LogP contribution in [0.25, 0.3) is 0 Å². The number of hydrogen-bond donors (Lipinski definition) is 2. The summed E-state index contributed by atoms with van der Waals surface area (Å²) in [4.78, 5) is 27.2.